The van der Waals surface area contributed by atoms with E-state index in [1.165, 1.54) is 21.6 Å². The predicted molar refractivity (Wildman–Crippen MR) is 104 cm³/mol. The molecule has 0 aromatic heterocycles. The van der Waals surface area contributed by atoms with Crippen LogP contribution in [0.15, 0.2) is 48.5 Å². The second-order valence-electron chi connectivity index (χ2n) is 6.56. The Balaban J connectivity index is 2.83. The van der Waals surface area contributed by atoms with E-state index < -0.39 is 54.3 Å². The first-order valence-electron chi connectivity index (χ1n) is 8.70. The molecule has 0 saturated heterocycles. The molecule has 8 nitrogen and oxygen atoms in total. The van der Waals surface area contributed by atoms with Gasteiger partial charge in [0.2, 0.25) is 0 Å². The molecule has 16 heteroatoms. The largest absolute Gasteiger partial charge is 0.511 e. The van der Waals surface area contributed by atoms with E-state index in [4.69, 9.17) is 10.5 Å². The van der Waals surface area contributed by atoms with Gasteiger partial charge in [0.15, 0.2) is 0 Å². The lowest BCUT2D eigenvalue weighted by atomic mass is 9.93. The summed E-state index contributed by atoms with van der Waals surface area (Å²) in [6, 6.07) is 6.83. The van der Waals surface area contributed by atoms with Crippen LogP contribution < -0.4 is 9.44 Å². The van der Waals surface area contributed by atoms with Crippen molar-refractivity contribution in [1.82, 2.24) is 9.44 Å². The Hall–Kier alpha value is -3.18. The molecule has 0 amide bonds. The van der Waals surface area contributed by atoms with Crippen molar-refractivity contribution in [1.29, 1.82) is 10.5 Å². The Kier molecular flexibility index (Phi) is 7.63. The highest BCUT2D eigenvalue weighted by molar-refractivity contribution is 7.90. The fraction of sp³-hybridized carbons (Fsp3) is 0.222. The van der Waals surface area contributed by atoms with E-state index in [1.54, 1.807) is 12.1 Å². The van der Waals surface area contributed by atoms with Crippen LogP contribution >= 0.6 is 0 Å². The second-order valence-corrected chi connectivity index (χ2v) is 9.97. The summed E-state index contributed by atoms with van der Waals surface area (Å²) in [6.07, 6.45) is 0. The molecule has 0 saturated carbocycles. The van der Waals surface area contributed by atoms with Gasteiger partial charge >= 0.3 is 31.1 Å². The van der Waals surface area contributed by atoms with Gasteiger partial charge in [0.25, 0.3) is 0 Å². The summed E-state index contributed by atoms with van der Waals surface area (Å²) in [5.74, 6) is 0. The van der Waals surface area contributed by atoms with Gasteiger partial charge in [0.05, 0.1) is 35.3 Å². The molecular weight excluding hydrogens is 514 g/mol. The van der Waals surface area contributed by atoms with Crippen molar-refractivity contribution >= 4 is 20.0 Å². The highest BCUT2D eigenvalue weighted by atomic mass is 32.2. The molecule has 2 aromatic carbocycles. The van der Waals surface area contributed by atoms with Crippen molar-refractivity contribution in [3.8, 4) is 12.1 Å². The number of sulfonamides is 2. The predicted octanol–water partition coefficient (Wildman–Crippen LogP) is 3.09. The van der Waals surface area contributed by atoms with Crippen LogP contribution in [0.5, 0.6) is 0 Å². The third-order valence-electron chi connectivity index (χ3n) is 4.26. The highest BCUT2D eigenvalue weighted by Gasteiger charge is 2.51. The quantitative estimate of drug-likeness (QED) is 0.532. The first-order valence-corrected chi connectivity index (χ1v) is 11.7. The van der Waals surface area contributed by atoms with Crippen LogP contribution in [0.25, 0.3) is 0 Å². The van der Waals surface area contributed by atoms with Gasteiger partial charge in [-0.15, -0.1) is 0 Å². The van der Waals surface area contributed by atoms with E-state index in [0.29, 0.717) is 0 Å². The maximum absolute atomic E-state index is 13.1. The smallest absolute Gasteiger partial charge is 0.203 e. The number of halogens is 6. The SMILES string of the molecule is N#Cc1cccc([C@@H](NS(=O)(=O)C(F)(F)F)[C@H](NS(=O)(=O)C(F)(F)F)c2cccc(C#N)c2)c1. The maximum atomic E-state index is 13.1. The number of benzene rings is 2. The third-order valence-corrected chi connectivity index (χ3v) is 6.60. The van der Waals surface area contributed by atoms with E-state index in [1.807, 2.05) is 0 Å². The molecule has 0 aliphatic rings. The number of nitrogens with one attached hydrogen (secondary N) is 2. The molecule has 34 heavy (non-hydrogen) atoms. The highest BCUT2D eigenvalue weighted by Crippen LogP contribution is 2.36. The van der Waals surface area contributed by atoms with Gasteiger partial charge in [-0.25, -0.2) is 16.8 Å². The molecule has 0 bridgehead atoms. The van der Waals surface area contributed by atoms with Crippen LogP contribution in [0.3, 0.4) is 0 Å². The van der Waals surface area contributed by atoms with E-state index in [-0.39, 0.29) is 11.1 Å². The Bertz CT molecular complexity index is 1250. The summed E-state index contributed by atoms with van der Waals surface area (Å²) in [5.41, 5.74) is -13.2. The van der Waals surface area contributed by atoms with Crippen LogP contribution in [0.2, 0.25) is 0 Å². The fourth-order valence-electron chi connectivity index (χ4n) is 2.73. The Labute approximate surface area is 189 Å². The average molecular weight is 526 g/mol. The fourth-order valence-corrected chi connectivity index (χ4v) is 4.21. The minimum atomic E-state index is -6.24. The molecule has 2 N–H and O–H groups in total. The van der Waals surface area contributed by atoms with E-state index in [9.17, 15) is 43.2 Å². The number of nitriles is 2. The molecule has 0 unspecified atom stereocenters. The molecule has 0 fully saturated rings. The molecule has 0 spiro atoms. The van der Waals surface area contributed by atoms with Crippen molar-refractivity contribution in [2.24, 2.45) is 0 Å². The molecule has 2 aromatic rings. The van der Waals surface area contributed by atoms with Gasteiger partial charge in [0, 0.05) is 0 Å². The zero-order valence-electron chi connectivity index (χ0n) is 16.4. The maximum Gasteiger partial charge on any atom is 0.511 e. The number of alkyl halides is 6. The average Bonchev–Trinajstić information content (AvgIpc) is 2.74. The lowest BCUT2D eigenvalue weighted by Crippen LogP contribution is -2.47. The Morgan fingerprint density at radius 3 is 1.26 bits per heavy atom. The number of nitrogens with zero attached hydrogens (tertiary/aromatic N) is 2. The molecule has 182 valence electrons. The molecule has 0 radical (unpaired) electrons. The van der Waals surface area contributed by atoms with E-state index >= 15 is 0 Å². The Morgan fingerprint density at radius 1 is 0.676 bits per heavy atom. The standard InChI is InChI=1S/C18H12F6N4O4S2/c19-17(20,21)33(29,30)27-15(13-5-1-3-11(7-13)9-25)16(28-34(31,32)18(22,23)24)14-6-2-4-12(8-14)10-26/h1-8,15-16,27-28H/t15-,16-/m1/s1. The molecule has 0 heterocycles. The third kappa shape index (κ3) is 6.03. The number of hydrogen-bond acceptors (Lipinski definition) is 6. The summed E-state index contributed by atoms with van der Waals surface area (Å²) in [5, 5.41) is 18.1. The topological polar surface area (TPSA) is 140 Å². The Morgan fingerprint density at radius 2 is 1.00 bits per heavy atom. The minimum Gasteiger partial charge on any atom is -0.203 e. The van der Waals surface area contributed by atoms with Gasteiger partial charge in [-0.05, 0) is 35.4 Å². The minimum absolute atomic E-state index is 0.211. The van der Waals surface area contributed by atoms with Crippen molar-refractivity contribution < 1.29 is 43.2 Å². The van der Waals surface area contributed by atoms with Crippen LogP contribution in [0, 0.1) is 22.7 Å². The summed E-state index contributed by atoms with van der Waals surface area (Å²) in [6.45, 7) is 0. The summed E-state index contributed by atoms with van der Waals surface area (Å²) < 4.78 is 128. The van der Waals surface area contributed by atoms with Crippen LogP contribution in [-0.4, -0.2) is 27.9 Å². The first kappa shape index (κ1) is 27.1. The van der Waals surface area contributed by atoms with Gasteiger partial charge in [-0.1, -0.05) is 24.3 Å². The van der Waals surface area contributed by atoms with Gasteiger partial charge in [0.1, 0.15) is 0 Å². The lowest BCUT2D eigenvalue weighted by Gasteiger charge is -2.30. The van der Waals surface area contributed by atoms with Gasteiger partial charge < -0.3 is 0 Å². The van der Waals surface area contributed by atoms with Crippen molar-refractivity contribution in [3.05, 3.63) is 70.8 Å². The van der Waals surface area contributed by atoms with Crippen LogP contribution in [0.1, 0.15) is 34.3 Å². The molecule has 0 aliphatic carbocycles. The molecular formula is C18H12F6N4O4S2. The second kappa shape index (κ2) is 9.59. The van der Waals surface area contributed by atoms with E-state index in [2.05, 4.69) is 0 Å². The number of hydrogen-bond donors (Lipinski definition) is 2. The zero-order valence-corrected chi connectivity index (χ0v) is 18.0. The summed E-state index contributed by atoms with van der Waals surface area (Å²) >= 11 is 0. The first-order chi connectivity index (χ1) is 15.5. The lowest BCUT2D eigenvalue weighted by molar-refractivity contribution is -0.0465. The summed E-state index contributed by atoms with van der Waals surface area (Å²) in [4.78, 5) is 0. The molecule has 2 rings (SSSR count). The van der Waals surface area contributed by atoms with Gasteiger partial charge in [-0.3, -0.25) is 0 Å². The van der Waals surface area contributed by atoms with Gasteiger partial charge in [-0.2, -0.15) is 46.3 Å². The van der Waals surface area contributed by atoms with Crippen molar-refractivity contribution in [3.63, 3.8) is 0 Å². The normalized spacial score (nSPS) is 14.6. The molecule has 0 aliphatic heterocycles. The van der Waals surface area contributed by atoms with E-state index in [0.717, 1.165) is 36.4 Å². The number of rotatable bonds is 7. The van der Waals surface area contributed by atoms with Crippen molar-refractivity contribution in [2.75, 3.05) is 0 Å². The van der Waals surface area contributed by atoms with Crippen molar-refractivity contribution in [2.45, 2.75) is 23.1 Å². The molecule has 2 atom stereocenters. The van der Waals surface area contributed by atoms with Crippen LogP contribution in [-0.2, 0) is 20.0 Å². The zero-order chi connectivity index (χ0) is 25.9. The summed E-state index contributed by atoms with van der Waals surface area (Å²) in [7, 11) is -12.5. The monoisotopic (exact) mass is 526 g/mol. The van der Waals surface area contributed by atoms with Crippen LogP contribution in [0.4, 0.5) is 26.3 Å².